The van der Waals surface area contributed by atoms with Gasteiger partial charge in [0.15, 0.2) is 0 Å². The summed E-state index contributed by atoms with van der Waals surface area (Å²) in [6.45, 7) is 0. The van der Waals surface area contributed by atoms with Crippen LogP contribution in [0.25, 0.3) is 0 Å². The molecule has 38 valence electrons. The Morgan fingerprint density at radius 1 is 1.57 bits per heavy atom. The van der Waals surface area contributed by atoms with Gasteiger partial charge in [0.05, 0.1) is 0 Å². The normalized spacial score (nSPS) is 20.0. The Balaban J connectivity index is 2.55. The third-order valence-electron chi connectivity index (χ3n) is 0.761. The second-order valence-electron chi connectivity index (χ2n) is 1.35. The summed E-state index contributed by atoms with van der Waals surface area (Å²) in [5, 5.41) is 0. The van der Waals surface area contributed by atoms with Crippen LogP contribution in [-0.2, 0) is 9.53 Å². The van der Waals surface area contributed by atoms with E-state index < -0.39 is 0 Å². The van der Waals surface area contributed by atoms with Crippen LogP contribution in [0.2, 0.25) is 0 Å². The Morgan fingerprint density at radius 3 is 2.43 bits per heavy atom. The van der Waals surface area contributed by atoms with Gasteiger partial charge < -0.3 is 0 Å². The Hall–Kier alpha value is -0.141. The van der Waals surface area contributed by atoms with Crippen molar-refractivity contribution in [2.45, 2.75) is 12.8 Å². The Bertz CT molecular complexity index is 105. The van der Waals surface area contributed by atoms with Gasteiger partial charge in [-0.1, -0.05) is 0 Å². The van der Waals surface area contributed by atoms with E-state index in [0.29, 0.717) is 6.42 Å². The van der Waals surface area contributed by atoms with E-state index in [1.807, 2.05) is 0 Å². The van der Waals surface area contributed by atoms with Crippen molar-refractivity contribution >= 4 is 26.1 Å². The van der Waals surface area contributed by atoms with Crippen molar-refractivity contribution in [3.63, 3.8) is 0 Å². The zero-order valence-corrected chi connectivity index (χ0v) is 5.35. The van der Waals surface area contributed by atoms with Gasteiger partial charge in [0.2, 0.25) is 0 Å². The molecule has 1 heterocycles. The summed E-state index contributed by atoms with van der Waals surface area (Å²) in [4.78, 5) is 10.2. The van der Waals surface area contributed by atoms with Crippen LogP contribution in [0.4, 0.5) is 0 Å². The van der Waals surface area contributed by atoms with Gasteiger partial charge in [0.1, 0.15) is 0 Å². The summed E-state index contributed by atoms with van der Waals surface area (Å²) in [6, 6.07) is 0. The van der Waals surface area contributed by atoms with E-state index >= 15 is 0 Å². The fourth-order valence-corrected chi connectivity index (χ4v) is 0.842. The number of esters is 1. The minimum absolute atomic E-state index is 0.117. The molecule has 0 aromatic carbocycles. The average molecular weight is 163 g/mol. The molecule has 1 rings (SSSR count). The third kappa shape index (κ3) is 1.11. The van der Waals surface area contributed by atoms with Gasteiger partial charge in [-0.05, 0) is 0 Å². The molecule has 0 spiro atoms. The zero-order chi connectivity index (χ0) is 5.28. The van der Waals surface area contributed by atoms with Gasteiger partial charge >= 0.3 is 48.5 Å². The van der Waals surface area contributed by atoms with Gasteiger partial charge in [-0.2, -0.15) is 0 Å². The van der Waals surface area contributed by atoms with E-state index in [9.17, 15) is 4.79 Å². The molecule has 3 heteroatoms. The molecule has 2 nitrogen and oxygen atoms in total. The Kier molecular flexibility index (Phi) is 1.26. The summed E-state index contributed by atoms with van der Waals surface area (Å²) in [5.74, 6) is -0.117. The number of hydrogen-bond acceptors (Lipinski definition) is 2. The first-order valence-electron chi connectivity index (χ1n) is 2.02. The first-order chi connectivity index (χ1) is 3.29. The van der Waals surface area contributed by atoms with Crippen LogP contribution in [0.5, 0.6) is 0 Å². The SMILES string of the molecule is O=C1CCC(=[Se])O1. The molecule has 7 heavy (non-hydrogen) atoms. The molecular weight excluding hydrogens is 159 g/mol. The number of cyclic esters (lactones) is 1. The number of rotatable bonds is 0. The van der Waals surface area contributed by atoms with Crippen LogP contribution in [0.3, 0.4) is 0 Å². The van der Waals surface area contributed by atoms with Crippen molar-refractivity contribution in [1.29, 1.82) is 0 Å². The second kappa shape index (κ2) is 1.76. The van der Waals surface area contributed by atoms with Crippen molar-refractivity contribution in [2.24, 2.45) is 0 Å². The molecule has 0 atom stereocenters. The number of carbonyl (C=O) groups excluding carboxylic acids is 1. The number of ether oxygens (including phenoxy) is 1. The molecule has 1 aliphatic heterocycles. The molecule has 0 unspecified atom stereocenters. The molecule has 1 fully saturated rings. The maximum absolute atomic E-state index is 10.2. The summed E-state index contributed by atoms with van der Waals surface area (Å²) in [5.41, 5.74) is 0. The van der Waals surface area contributed by atoms with E-state index in [1.165, 1.54) is 0 Å². The first kappa shape index (κ1) is 5.01. The quantitative estimate of drug-likeness (QED) is 0.359. The molecular formula is C4H4O2Se. The topological polar surface area (TPSA) is 26.3 Å². The van der Waals surface area contributed by atoms with Crippen LogP contribution >= 0.6 is 0 Å². The van der Waals surface area contributed by atoms with Crippen molar-refractivity contribution < 1.29 is 9.53 Å². The van der Waals surface area contributed by atoms with Gasteiger partial charge in [0, 0.05) is 0 Å². The van der Waals surface area contributed by atoms with Crippen molar-refractivity contribution in [1.82, 2.24) is 0 Å². The van der Waals surface area contributed by atoms with E-state index in [0.717, 1.165) is 11.0 Å². The van der Waals surface area contributed by atoms with E-state index in [2.05, 4.69) is 20.3 Å². The second-order valence-corrected chi connectivity index (χ2v) is 2.30. The van der Waals surface area contributed by atoms with Crippen molar-refractivity contribution in [3.05, 3.63) is 0 Å². The van der Waals surface area contributed by atoms with E-state index in [-0.39, 0.29) is 5.97 Å². The molecule has 0 N–H and O–H groups in total. The summed E-state index contributed by atoms with van der Waals surface area (Å²) in [6.07, 6.45) is 1.31. The molecule has 0 amide bonds. The molecule has 0 bridgehead atoms. The number of carbonyl (C=O) groups is 1. The van der Waals surface area contributed by atoms with Gasteiger partial charge in [-0.25, -0.2) is 0 Å². The van der Waals surface area contributed by atoms with Gasteiger partial charge in [-0.3, -0.25) is 0 Å². The summed E-state index contributed by atoms with van der Waals surface area (Å²) >= 11 is 2.64. The predicted octanol–water partition coefficient (Wildman–Crippen LogP) is -0.378. The molecule has 0 aromatic rings. The fourth-order valence-electron chi connectivity index (χ4n) is 0.433. The fraction of sp³-hybridized carbons (Fsp3) is 0.500. The minimum atomic E-state index is -0.117. The van der Waals surface area contributed by atoms with Crippen molar-refractivity contribution in [2.75, 3.05) is 0 Å². The van der Waals surface area contributed by atoms with Crippen LogP contribution in [0, 0.1) is 0 Å². The summed E-state index contributed by atoms with van der Waals surface area (Å²) < 4.78 is 5.31. The Labute approximate surface area is 49.2 Å². The van der Waals surface area contributed by atoms with E-state index in [4.69, 9.17) is 0 Å². The predicted molar refractivity (Wildman–Crippen MR) is 26.1 cm³/mol. The van der Waals surface area contributed by atoms with Gasteiger partial charge in [0.25, 0.3) is 0 Å². The average Bonchev–Trinajstić information content (AvgIpc) is 1.87. The first-order valence-corrected chi connectivity index (χ1v) is 2.88. The van der Waals surface area contributed by atoms with Gasteiger partial charge in [-0.15, -0.1) is 0 Å². The molecule has 1 saturated heterocycles. The molecule has 0 aromatic heterocycles. The molecule has 0 radical (unpaired) electrons. The molecule has 0 saturated carbocycles. The zero-order valence-electron chi connectivity index (χ0n) is 3.64. The Morgan fingerprint density at radius 2 is 2.29 bits per heavy atom. The maximum atomic E-state index is 10.2. The third-order valence-corrected chi connectivity index (χ3v) is 1.36. The summed E-state index contributed by atoms with van der Waals surface area (Å²) in [7, 11) is 0. The van der Waals surface area contributed by atoms with E-state index in [1.54, 1.807) is 0 Å². The van der Waals surface area contributed by atoms with Crippen LogP contribution < -0.4 is 0 Å². The standard InChI is InChI=1S/C4H4O2Se/c5-3-1-2-4(7)6-3/h1-2H2. The molecule has 0 aliphatic carbocycles. The van der Waals surface area contributed by atoms with Crippen LogP contribution in [0.15, 0.2) is 0 Å². The van der Waals surface area contributed by atoms with Crippen LogP contribution in [0.1, 0.15) is 12.8 Å². The number of hydrogen-bond donors (Lipinski definition) is 0. The molecule has 1 aliphatic rings. The monoisotopic (exact) mass is 164 g/mol. The van der Waals surface area contributed by atoms with Crippen molar-refractivity contribution in [3.8, 4) is 0 Å². The van der Waals surface area contributed by atoms with Crippen LogP contribution in [-0.4, -0.2) is 26.1 Å².